The number of aromatic nitrogens is 2. The van der Waals surface area contributed by atoms with Crippen LogP contribution < -0.4 is 11.1 Å². The molecule has 2 heterocycles. The predicted molar refractivity (Wildman–Crippen MR) is 91.4 cm³/mol. The van der Waals surface area contributed by atoms with E-state index in [9.17, 15) is 4.79 Å². The van der Waals surface area contributed by atoms with Crippen LogP contribution in [0, 0.1) is 5.92 Å². The van der Waals surface area contributed by atoms with E-state index in [4.69, 9.17) is 14.7 Å². The van der Waals surface area contributed by atoms with E-state index < -0.39 is 6.04 Å². The van der Waals surface area contributed by atoms with Crippen molar-refractivity contribution in [1.29, 1.82) is 0 Å². The zero-order valence-electron chi connectivity index (χ0n) is 14.1. The Morgan fingerprint density at radius 1 is 1.24 bits per heavy atom. The average molecular weight is 340 g/mol. The monoisotopic (exact) mass is 340 g/mol. The van der Waals surface area contributed by atoms with Crippen molar-refractivity contribution in [1.82, 2.24) is 15.5 Å². The van der Waals surface area contributed by atoms with E-state index in [-0.39, 0.29) is 17.6 Å². The number of carbonyl (C=O) groups is 1. The van der Waals surface area contributed by atoms with Crippen molar-refractivity contribution in [3.8, 4) is 11.4 Å². The molecule has 2 aromatic heterocycles. The zero-order chi connectivity index (χ0) is 17.8. The van der Waals surface area contributed by atoms with Gasteiger partial charge in [-0.3, -0.25) is 4.79 Å². The fourth-order valence-corrected chi connectivity index (χ4v) is 2.40. The quantitative estimate of drug-likeness (QED) is 0.714. The van der Waals surface area contributed by atoms with Crippen LogP contribution in [-0.2, 0) is 6.54 Å². The average Bonchev–Trinajstić information content (AvgIpc) is 3.31. The number of furan rings is 1. The molecular weight excluding hydrogens is 320 g/mol. The largest absolute Gasteiger partial charge is 0.459 e. The number of carbonyl (C=O) groups excluding carboxylic acids is 1. The van der Waals surface area contributed by atoms with Crippen molar-refractivity contribution in [2.24, 2.45) is 11.7 Å². The Hall–Kier alpha value is -2.93. The molecule has 3 aromatic rings. The fraction of sp³-hybridized carbons (Fsp3) is 0.278. The van der Waals surface area contributed by atoms with E-state index >= 15 is 0 Å². The van der Waals surface area contributed by atoms with Crippen molar-refractivity contribution < 1.29 is 13.7 Å². The molecule has 25 heavy (non-hydrogen) atoms. The zero-order valence-corrected chi connectivity index (χ0v) is 14.1. The number of nitrogens with zero attached hydrogens (tertiary/aromatic N) is 2. The van der Waals surface area contributed by atoms with E-state index in [1.807, 2.05) is 38.1 Å². The lowest BCUT2D eigenvalue weighted by atomic mass is 10.0. The van der Waals surface area contributed by atoms with Crippen LogP contribution in [0.3, 0.4) is 0 Å². The molecule has 0 aliphatic heterocycles. The Kier molecular flexibility index (Phi) is 4.95. The van der Waals surface area contributed by atoms with Gasteiger partial charge in [0.1, 0.15) is 6.04 Å². The lowest BCUT2D eigenvalue weighted by molar-refractivity contribution is 0.0885. The molecule has 0 bridgehead atoms. The summed E-state index contributed by atoms with van der Waals surface area (Å²) in [6.45, 7) is 4.41. The van der Waals surface area contributed by atoms with Crippen LogP contribution in [0.2, 0.25) is 0 Å². The SMILES string of the molecule is CC(C)C(NC(=O)c1ccco1)c1nc(-c2ccc(CN)cc2)no1. The highest BCUT2D eigenvalue weighted by molar-refractivity contribution is 5.91. The second-order valence-corrected chi connectivity index (χ2v) is 6.03. The molecule has 7 nitrogen and oxygen atoms in total. The van der Waals surface area contributed by atoms with Gasteiger partial charge in [-0.25, -0.2) is 0 Å². The third-order valence-electron chi connectivity index (χ3n) is 3.85. The normalized spacial score (nSPS) is 12.3. The van der Waals surface area contributed by atoms with Gasteiger partial charge in [-0.05, 0) is 23.6 Å². The molecule has 0 radical (unpaired) electrons. The van der Waals surface area contributed by atoms with Crippen LogP contribution in [0.25, 0.3) is 11.4 Å². The van der Waals surface area contributed by atoms with E-state index in [2.05, 4.69) is 15.5 Å². The summed E-state index contributed by atoms with van der Waals surface area (Å²) in [5.74, 6) is 0.801. The molecule has 0 aliphatic carbocycles. The maximum absolute atomic E-state index is 12.2. The third-order valence-corrected chi connectivity index (χ3v) is 3.85. The molecule has 1 amide bonds. The number of nitrogens with one attached hydrogen (secondary N) is 1. The van der Waals surface area contributed by atoms with Crippen LogP contribution in [-0.4, -0.2) is 16.0 Å². The first-order valence-corrected chi connectivity index (χ1v) is 8.06. The molecule has 1 atom stereocenters. The molecule has 1 unspecified atom stereocenters. The van der Waals surface area contributed by atoms with Gasteiger partial charge in [0, 0.05) is 12.1 Å². The summed E-state index contributed by atoms with van der Waals surface area (Å²) in [7, 11) is 0. The summed E-state index contributed by atoms with van der Waals surface area (Å²) in [5, 5.41) is 6.90. The van der Waals surface area contributed by atoms with Crippen molar-refractivity contribution in [3.63, 3.8) is 0 Å². The third kappa shape index (κ3) is 3.77. The van der Waals surface area contributed by atoms with Crippen LogP contribution in [0.4, 0.5) is 0 Å². The maximum atomic E-state index is 12.2. The highest BCUT2D eigenvalue weighted by Gasteiger charge is 2.26. The molecule has 0 aliphatic rings. The molecule has 3 N–H and O–H groups in total. The van der Waals surface area contributed by atoms with Gasteiger partial charge in [-0.1, -0.05) is 43.3 Å². The Balaban J connectivity index is 1.80. The molecule has 7 heteroatoms. The Morgan fingerprint density at radius 3 is 2.60 bits per heavy atom. The van der Waals surface area contributed by atoms with Crippen molar-refractivity contribution in [2.75, 3.05) is 0 Å². The molecule has 0 saturated carbocycles. The molecule has 0 saturated heterocycles. The molecular formula is C18H20N4O3. The first kappa shape index (κ1) is 16.9. The van der Waals surface area contributed by atoms with Crippen molar-refractivity contribution in [2.45, 2.75) is 26.4 Å². The lowest BCUT2D eigenvalue weighted by Gasteiger charge is -2.17. The summed E-state index contributed by atoms with van der Waals surface area (Å²) in [5.41, 5.74) is 7.46. The van der Waals surface area contributed by atoms with Crippen LogP contribution in [0.15, 0.2) is 51.6 Å². The fourth-order valence-electron chi connectivity index (χ4n) is 2.40. The standard InChI is InChI=1S/C18H20N4O3/c1-11(2)15(20-17(23)14-4-3-9-24-14)18-21-16(22-25-18)13-7-5-12(10-19)6-8-13/h3-9,11,15H,10,19H2,1-2H3,(H,20,23). The van der Waals surface area contributed by atoms with Crippen LogP contribution in [0.1, 0.15) is 41.9 Å². The molecule has 3 rings (SSSR count). The van der Waals surface area contributed by atoms with Gasteiger partial charge in [0.2, 0.25) is 11.7 Å². The molecule has 0 spiro atoms. The minimum Gasteiger partial charge on any atom is -0.459 e. The minimum atomic E-state index is -0.415. The number of hydrogen-bond donors (Lipinski definition) is 2. The lowest BCUT2D eigenvalue weighted by Crippen LogP contribution is -2.31. The summed E-state index contributed by atoms with van der Waals surface area (Å²) in [6.07, 6.45) is 1.45. The molecule has 0 fully saturated rings. The van der Waals surface area contributed by atoms with Gasteiger partial charge in [0.25, 0.3) is 5.91 Å². The van der Waals surface area contributed by atoms with E-state index in [0.717, 1.165) is 11.1 Å². The topological polar surface area (TPSA) is 107 Å². The van der Waals surface area contributed by atoms with Gasteiger partial charge < -0.3 is 20.0 Å². The second kappa shape index (κ2) is 7.31. The summed E-state index contributed by atoms with van der Waals surface area (Å²) >= 11 is 0. The second-order valence-electron chi connectivity index (χ2n) is 6.03. The van der Waals surface area contributed by atoms with Gasteiger partial charge in [0.15, 0.2) is 5.76 Å². The first-order valence-electron chi connectivity index (χ1n) is 8.06. The van der Waals surface area contributed by atoms with Crippen molar-refractivity contribution >= 4 is 5.91 Å². The van der Waals surface area contributed by atoms with Gasteiger partial charge in [0.05, 0.1) is 6.26 Å². The van der Waals surface area contributed by atoms with Crippen LogP contribution in [0.5, 0.6) is 0 Å². The van der Waals surface area contributed by atoms with Crippen LogP contribution >= 0.6 is 0 Å². The number of amides is 1. The van der Waals surface area contributed by atoms with E-state index in [1.54, 1.807) is 12.1 Å². The van der Waals surface area contributed by atoms with Crippen molar-refractivity contribution in [3.05, 3.63) is 59.9 Å². The Morgan fingerprint density at radius 2 is 2.00 bits per heavy atom. The van der Waals surface area contributed by atoms with Gasteiger partial charge in [-0.2, -0.15) is 4.98 Å². The van der Waals surface area contributed by atoms with Gasteiger partial charge in [-0.15, -0.1) is 0 Å². The molecule has 130 valence electrons. The highest BCUT2D eigenvalue weighted by Crippen LogP contribution is 2.24. The Labute approximate surface area is 145 Å². The summed E-state index contributed by atoms with van der Waals surface area (Å²) in [6, 6.07) is 10.5. The first-order chi connectivity index (χ1) is 12.1. The smallest absolute Gasteiger partial charge is 0.287 e. The van der Waals surface area contributed by atoms with Gasteiger partial charge >= 0.3 is 0 Å². The maximum Gasteiger partial charge on any atom is 0.287 e. The molecule has 1 aromatic carbocycles. The minimum absolute atomic E-state index is 0.0619. The number of nitrogens with two attached hydrogens (primary N) is 1. The highest BCUT2D eigenvalue weighted by atomic mass is 16.5. The number of hydrogen-bond acceptors (Lipinski definition) is 6. The predicted octanol–water partition coefficient (Wildman–Crippen LogP) is 2.92. The van der Waals surface area contributed by atoms with E-state index in [1.165, 1.54) is 6.26 Å². The number of benzene rings is 1. The summed E-state index contributed by atoms with van der Waals surface area (Å²) < 4.78 is 10.5. The number of rotatable bonds is 6. The Bertz CT molecular complexity index is 822. The summed E-state index contributed by atoms with van der Waals surface area (Å²) in [4.78, 5) is 16.7. The van der Waals surface area contributed by atoms with E-state index in [0.29, 0.717) is 18.3 Å².